The predicted octanol–water partition coefficient (Wildman–Crippen LogP) is 1.29. The van der Waals surface area contributed by atoms with E-state index in [4.69, 9.17) is 10.5 Å². The molecule has 0 aliphatic rings. The zero-order valence-corrected chi connectivity index (χ0v) is 10.8. The van der Waals surface area contributed by atoms with E-state index < -0.39 is 0 Å². The van der Waals surface area contributed by atoms with Gasteiger partial charge in [-0.1, -0.05) is 27.2 Å². The quantitative estimate of drug-likeness (QED) is 0.587. The molecule has 1 unspecified atom stereocenters. The molecule has 3 N–H and O–H groups in total. The van der Waals surface area contributed by atoms with E-state index in [2.05, 4.69) is 19.2 Å². The first kappa shape index (κ1) is 15.4. The summed E-state index contributed by atoms with van der Waals surface area (Å²) in [6, 6.07) is -0.360. The highest BCUT2D eigenvalue weighted by Gasteiger charge is 2.10. The minimum Gasteiger partial charge on any atom is -0.381 e. The van der Waals surface area contributed by atoms with E-state index in [1.54, 1.807) is 0 Å². The summed E-state index contributed by atoms with van der Waals surface area (Å²) in [5, 5.41) is 2.81. The summed E-state index contributed by atoms with van der Waals surface area (Å²) in [6.07, 6.45) is 2.53. The molecule has 4 nitrogen and oxygen atoms in total. The van der Waals surface area contributed by atoms with Crippen molar-refractivity contribution >= 4 is 5.91 Å². The van der Waals surface area contributed by atoms with E-state index in [9.17, 15) is 4.79 Å². The van der Waals surface area contributed by atoms with Crippen LogP contribution in [-0.4, -0.2) is 31.7 Å². The highest BCUT2D eigenvalue weighted by atomic mass is 16.5. The molecule has 0 heterocycles. The monoisotopic (exact) mass is 230 g/mol. The van der Waals surface area contributed by atoms with Crippen LogP contribution in [0.25, 0.3) is 0 Å². The lowest BCUT2D eigenvalue weighted by Crippen LogP contribution is -2.40. The second-order valence-corrected chi connectivity index (χ2v) is 4.51. The second kappa shape index (κ2) is 9.60. The first-order valence-electron chi connectivity index (χ1n) is 6.19. The van der Waals surface area contributed by atoms with E-state index in [0.29, 0.717) is 19.1 Å². The van der Waals surface area contributed by atoms with Crippen molar-refractivity contribution in [2.24, 2.45) is 11.7 Å². The zero-order valence-electron chi connectivity index (χ0n) is 10.8. The van der Waals surface area contributed by atoms with Crippen LogP contribution in [0.4, 0.5) is 0 Å². The Morgan fingerprint density at radius 3 is 2.69 bits per heavy atom. The molecule has 0 aliphatic carbocycles. The van der Waals surface area contributed by atoms with Crippen molar-refractivity contribution in [1.29, 1.82) is 0 Å². The highest BCUT2D eigenvalue weighted by molar-refractivity contribution is 5.81. The number of nitrogens with one attached hydrogen (secondary N) is 1. The van der Waals surface area contributed by atoms with Crippen LogP contribution in [0.1, 0.15) is 40.0 Å². The molecule has 0 aliphatic heterocycles. The van der Waals surface area contributed by atoms with Gasteiger partial charge in [-0.15, -0.1) is 0 Å². The summed E-state index contributed by atoms with van der Waals surface area (Å²) in [5.74, 6) is 0.512. The number of rotatable bonds is 9. The van der Waals surface area contributed by atoms with Crippen LogP contribution < -0.4 is 11.1 Å². The van der Waals surface area contributed by atoms with Crippen LogP contribution in [-0.2, 0) is 9.53 Å². The van der Waals surface area contributed by atoms with Crippen molar-refractivity contribution in [3.05, 3.63) is 0 Å². The van der Waals surface area contributed by atoms with Crippen molar-refractivity contribution in [2.75, 3.05) is 19.8 Å². The van der Waals surface area contributed by atoms with Crippen LogP contribution in [0.15, 0.2) is 0 Å². The molecule has 0 aromatic rings. The van der Waals surface area contributed by atoms with E-state index in [-0.39, 0.29) is 11.9 Å². The molecule has 0 spiro atoms. The first-order chi connectivity index (χ1) is 7.57. The Bertz CT molecular complexity index is 184. The maximum absolute atomic E-state index is 11.4. The van der Waals surface area contributed by atoms with Gasteiger partial charge in [0.05, 0.1) is 6.04 Å². The maximum Gasteiger partial charge on any atom is 0.236 e. The largest absolute Gasteiger partial charge is 0.381 e. The molecular weight excluding hydrogens is 204 g/mol. The lowest BCUT2D eigenvalue weighted by molar-refractivity contribution is -0.122. The topological polar surface area (TPSA) is 64.4 Å². The molecule has 0 fully saturated rings. The van der Waals surface area contributed by atoms with Crippen LogP contribution in [0.3, 0.4) is 0 Å². The van der Waals surface area contributed by atoms with Gasteiger partial charge in [0, 0.05) is 19.8 Å². The second-order valence-electron chi connectivity index (χ2n) is 4.51. The summed E-state index contributed by atoms with van der Waals surface area (Å²) >= 11 is 0. The molecule has 0 rings (SSSR count). The van der Waals surface area contributed by atoms with E-state index in [1.807, 2.05) is 6.92 Å². The molecule has 0 aromatic carbocycles. The summed E-state index contributed by atoms with van der Waals surface area (Å²) in [5.41, 5.74) is 5.67. The fraction of sp³-hybridized carbons (Fsp3) is 0.917. The van der Waals surface area contributed by atoms with Crippen LogP contribution >= 0.6 is 0 Å². The van der Waals surface area contributed by atoms with Crippen molar-refractivity contribution in [3.8, 4) is 0 Å². The third-order valence-electron chi connectivity index (χ3n) is 2.15. The summed E-state index contributed by atoms with van der Waals surface area (Å²) in [6.45, 7) is 8.38. The van der Waals surface area contributed by atoms with Gasteiger partial charge >= 0.3 is 0 Å². The van der Waals surface area contributed by atoms with Crippen molar-refractivity contribution < 1.29 is 9.53 Å². The van der Waals surface area contributed by atoms with E-state index >= 15 is 0 Å². The molecular formula is C12H26N2O2. The zero-order chi connectivity index (χ0) is 12.4. The minimum atomic E-state index is -0.360. The summed E-state index contributed by atoms with van der Waals surface area (Å²) in [7, 11) is 0. The molecule has 16 heavy (non-hydrogen) atoms. The number of hydrogen-bond acceptors (Lipinski definition) is 3. The van der Waals surface area contributed by atoms with Crippen molar-refractivity contribution in [1.82, 2.24) is 5.32 Å². The fourth-order valence-corrected chi connectivity index (χ4v) is 1.28. The molecule has 0 radical (unpaired) electrons. The minimum absolute atomic E-state index is 0.0503. The Balaban J connectivity index is 3.34. The van der Waals surface area contributed by atoms with Gasteiger partial charge in [0.1, 0.15) is 0 Å². The number of carbonyl (C=O) groups excluding carboxylic acids is 1. The smallest absolute Gasteiger partial charge is 0.236 e. The lowest BCUT2D eigenvalue weighted by atomic mass is 10.2. The third kappa shape index (κ3) is 8.68. The van der Waals surface area contributed by atoms with Crippen molar-refractivity contribution in [2.45, 2.75) is 46.1 Å². The van der Waals surface area contributed by atoms with Gasteiger partial charge in [-0.3, -0.25) is 4.79 Å². The van der Waals surface area contributed by atoms with Gasteiger partial charge in [-0.25, -0.2) is 0 Å². The standard InChI is InChI=1S/C12H26N2O2/c1-4-6-11(13)12(15)14-7-5-8-16-9-10(2)3/h10-11H,4-9,13H2,1-3H3,(H,14,15). The Kier molecular flexibility index (Phi) is 9.24. The van der Waals surface area contributed by atoms with Crippen LogP contribution in [0.5, 0.6) is 0 Å². The summed E-state index contributed by atoms with van der Waals surface area (Å²) in [4.78, 5) is 11.4. The number of nitrogens with two attached hydrogens (primary N) is 1. The van der Waals surface area contributed by atoms with E-state index in [1.165, 1.54) is 0 Å². The van der Waals surface area contributed by atoms with Gasteiger partial charge in [0.2, 0.25) is 5.91 Å². The summed E-state index contributed by atoms with van der Waals surface area (Å²) < 4.78 is 5.40. The third-order valence-corrected chi connectivity index (χ3v) is 2.15. The van der Waals surface area contributed by atoms with Gasteiger partial charge in [0.25, 0.3) is 0 Å². The normalized spacial score (nSPS) is 12.8. The average Bonchev–Trinajstić information content (AvgIpc) is 2.22. The molecule has 0 aromatic heterocycles. The molecule has 4 heteroatoms. The van der Waals surface area contributed by atoms with E-state index in [0.717, 1.165) is 25.9 Å². The highest BCUT2D eigenvalue weighted by Crippen LogP contribution is 1.94. The number of hydrogen-bond donors (Lipinski definition) is 2. The maximum atomic E-state index is 11.4. The Labute approximate surface area is 98.9 Å². The molecule has 1 amide bonds. The van der Waals surface area contributed by atoms with Gasteiger partial charge in [-0.05, 0) is 18.8 Å². The average molecular weight is 230 g/mol. The Morgan fingerprint density at radius 2 is 2.12 bits per heavy atom. The van der Waals surface area contributed by atoms with Gasteiger partial charge in [0.15, 0.2) is 0 Å². The van der Waals surface area contributed by atoms with Gasteiger partial charge in [-0.2, -0.15) is 0 Å². The van der Waals surface area contributed by atoms with Crippen LogP contribution in [0, 0.1) is 5.92 Å². The molecule has 1 atom stereocenters. The number of amides is 1. The van der Waals surface area contributed by atoms with Crippen LogP contribution in [0.2, 0.25) is 0 Å². The molecule has 0 bridgehead atoms. The molecule has 96 valence electrons. The predicted molar refractivity (Wildman–Crippen MR) is 66.2 cm³/mol. The Hall–Kier alpha value is -0.610. The molecule has 0 saturated heterocycles. The molecule has 0 saturated carbocycles. The fourth-order valence-electron chi connectivity index (χ4n) is 1.28. The number of ether oxygens (including phenoxy) is 1. The first-order valence-corrected chi connectivity index (χ1v) is 6.19. The SMILES string of the molecule is CCCC(N)C(=O)NCCCOCC(C)C. The Morgan fingerprint density at radius 1 is 1.44 bits per heavy atom. The number of carbonyl (C=O) groups is 1. The van der Waals surface area contributed by atoms with Crippen molar-refractivity contribution in [3.63, 3.8) is 0 Å². The van der Waals surface area contributed by atoms with Gasteiger partial charge < -0.3 is 15.8 Å². The lowest BCUT2D eigenvalue weighted by Gasteiger charge is -2.11.